The fourth-order valence-corrected chi connectivity index (χ4v) is 2.33. The largest absolute Gasteiger partial charge is 0.444 e. The fraction of sp³-hybridized carbons (Fsp3) is 0.294. The maximum absolute atomic E-state index is 11.9. The Bertz CT molecular complexity index is 699. The summed E-state index contributed by atoms with van der Waals surface area (Å²) in [6.07, 6.45) is 0. The molecule has 0 bridgehead atoms. The van der Waals surface area contributed by atoms with Crippen LogP contribution in [0.1, 0.15) is 28.6 Å². The number of amides is 2. The molecule has 2 rings (SSSR count). The minimum Gasteiger partial charge on any atom is -0.444 e. The van der Waals surface area contributed by atoms with Gasteiger partial charge in [0.05, 0.1) is 13.2 Å². The zero-order valence-corrected chi connectivity index (χ0v) is 14.9. The summed E-state index contributed by atoms with van der Waals surface area (Å²) in [5.41, 5.74) is 2.02. The third kappa shape index (κ3) is 5.50. The maximum atomic E-state index is 11.9. The van der Waals surface area contributed by atoms with Crippen LogP contribution in [0.15, 0.2) is 45.5 Å². The molecular formula is C17H19BrN2O4. The zero-order chi connectivity index (χ0) is 17.4. The maximum Gasteiger partial charge on any atom is 0.287 e. The number of benzene rings is 1. The normalized spacial score (nSPS) is 10.4. The Balaban J connectivity index is 1.80. The summed E-state index contributed by atoms with van der Waals surface area (Å²) < 4.78 is 11.0. The van der Waals surface area contributed by atoms with Crippen LogP contribution in [0.3, 0.4) is 0 Å². The van der Waals surface area contributed by atoms with Gasteiger partial charge < -0.3 is 19.8 Å². The zero-order valence-electron chi connectivity index (χ0n) is 13.3. The summed E-state index contributed by atoms with van der Waals surface area (Å²) in [6.45, 7) is 3.34. The number of nitrogens with one attached hydrogen (secondary N) is 2. The van der Waals surface area contributed by atoms with Crippen molar-refractivity contribution in [2.45, 2.75) is 20.1 Å². The first kappa shape index (κ1) is 18.2. The number of hydrogen-bond donors (Lipinski definition) is 2. The van der Waals surface area contributed by atoms with Crippen LogP contribution in [0.5, 0.6) is 0 Å². The van der Waals surface area contributed by atoms with E-state index in [9.17, 15) is 9.59 Å². The molecule has 0 aliphatic rings. The lowest BCUT2D eigenvalue weighted by Gasteiger charge is -2.11. The average Bonchev–Trinajstić information content (AvgIpc) is 3.03. The van der Waals surface area contributed by atoms with Crippen LogP contribution < -0.4 is 10.6 Å². The summed E-state index contributed by atoms with van der Waals surface area (Å²) in [5, 5.41) is 5.29. The van der Waals surface area contributed by atoms with Crippen molar-refractivity contribution in [1.29, 1.82) is 0 Å². The summed E-state index contributed by atoms with van der Waals surface area (Å²) in [7, 11) is 0. The Morgan fingerprint density at radius 2 is 1.88 bits per heavy atom. The molecule has 0 aliphatic heterocycles. The Labute approximate surface area is 148 Å². The van der Waals surface area contributed by atoms with Crippen molar-refractivity contribution < 1.29 is 18.7 Å². The van der Waals surface area contributed by atoms with E-state index in [1.54, 1.807) is 6.07 Å². The number of rotatable bonds is 8. The van der Waals surface area contributed by atoms with Gasteiger partial charge in [0.1, 0.15) is 0 Å². The highest BCUT2D eigenvalue weighted by Gasteiger charge is 2.12. The van der Waals surface area contributed by atoms with Gasteiger partial charge in [-0.3, -0.25) is 9.59 Å². The molecule has 24 heavy (non-hydrogen) atoms. The molecule has 128 valence electrons. The monoisotopic (exact) mass is 394 g/mol. The van der Waals surface area contributed by atoms with E-state index in [1.807, 2.05) is 31.2 Å². The summed E-state index contributed by atoms with van der Waals surface area (Å²) >= 11 is 3.12. The second-order valence-corrected chi connectivity index (χ2v) is 5.75. The second kappa shape index (κ2) is 9.24. The topological polar surface area (TPSA) is 80.6 Å². The first-order valence-electron chi connectivity index (χ1n) is 7.55. The Morgan fingerprint density at radius 3 is 2.54 bits per heavy atom. The van der Waals surface area contributed by atoms with E-state index in [0.717, 1.165) is 11.1 Å². The van der Waals surface area contributed by atoms with Gasteiger partial charge in [0, 0.05) is 13.2 Å². The van der Waals surface area contributed by atoms with Crippen molar-refractivity contribution in [3.05, 3.63) is 58.0 Å². The molecule has 0 saturated heterocycles. The number of halogens is 1. The fourth-order valence-electron chi connectivity index (χ4n) is 2.02. The Morgan fingerprint density at radius 1 is 1.12 bits per heavy atom. The number of furan rings is 1. The molecule has 7 heteroatoms. The molecule has 1 aromatic heterocycles. The van der Waals surface area contributed by atoms with Crippen LogP contribution in [0.4, 0.5) is 0 Å². The van der Waals surface area contributed by atoms with Crippen LogP contribution in [0, 0.1) is 0 Å². The molecule has 2 N–H and O–H groups in total. The lowest BCUT2D eigenvalue weighted by molar-refractivity contribution is -0.120. The minimum atomic E-state index is -0.437. The quantitative estimate of drug-likeness (QED) is 0.720. The molecule has 2 aromatic rings. The van der Waals surface area contributed by atoms with Crippen molar-refractivity contribution in [2.24, 2.45) is 0 Å². The number of carbonyl (C=O) groups is 2. The second-order valence-electron chi connectivity index (χ2n) is 4.97. The van der Waals surface area contributed by atoms with Gasteiger partial charge in [0.15, 0.2) is 10.4 Å². The van der Waals surface area contributed by atoms with Gasteiger partial charge in [0.2, 0.25) is 5.91 Å². The molecular weight excluding hydrogens is 376 g/mol. The molecule has 0 spiro atoms. The lowest BCUT2D eigenvalue weighted by Crippen LogP contribution is -2.36. The molecule has 2 amide bonds. The van der Waals surface area contributed by atoms with Crippen LogP contribution >= 0.6 is 15.9 Å². The first-order valence-corrected chi connectivity index (χ1v) is 8.34. The summed E-state index contributed by atoms with van der Waals surface area (Å²) in [4.78, 5) is 23.7. The third-order valence-corrected chi connectivity index (χ3v) is 3.69. The van der Waals surface area contributed by atoms with Gasteiger partial charge in [-0.1, -0.05) is 24.3 Å². The first-order chi connectivity index (χ1) is 11.6. The van der Waals surface area contributed by atoms with E-state index in [2.05, 4.69) is 26.6 Å². The molecule has 0 fully saturated rings. The van der Waals surface area contributed by atoms with Gasteiger partial charge in [-0.2, -0.15) is 0 Å². The van der Waals surface area contributed by atoms with Crippen LogP contribution in [-0.2, 0) is 22.7 Å². The highest BCUT2D eigenvalue weighted by Crippen LogP contribution is 2.13. The molecule has 0 radical (unpaired) electrons. The van der Waals surface area contributed by atoms with Gasteiger partial charge >= 0.3 is 0 Å². The SMILES string of the molecule is CCOCc1ccccc1CNC(=O)CNC(=O)c1ccc(Br)o1. The minimum absolute atomic E-state index is 0.120. The summed E-state index contributed by atoms with van der Waals surface area (Å²) in [6, 6.07) is 10.9. The lowest BCUT2D eigenvalue weighted by atomic mass is 10.1. The third-order valence-electron chi connectivity index (χ3n) is 3.26. The van der Waals surface area contributed by atoms with E-state index >= 15 is 0 Å². The Kier molecular flexibility index (Phi) is 7.02. The number of ether oxygens (including phenoxy) is 1. The molecule has 0 unspecified atom stereocenters. The molecule has 0 saturated carbocycles. The van der Waals surface area contributed by atoms with Gasteiger partial charge in [-0.15, -0.1) is 0 Å². The Hall–Kier alpha value is -2.12. The van der Waals surface area contributed by atoms with E-state index < -0.39 is 5.91 Å². The van der Waals surface area contributed by atoms with E-state index in [4.69, 9.17) is 9.15 Å². The van der Waals surface area contributed by atoms with Crippen LogP contribution in [0.2, 0.25) is 0 Å². The molecule has 1 aromatic carbocycles. The smallest absolute Gasteiger partial charge is 0.287 e. The molecule has 6 nitrogen and oxygen atoms in total. The van der Waals surface area contributed by atoms with Crippen LogP contribution in [0.25, 0.3) is 0 Å². The van der Waals surface area contributed by atoms with Gasteiger partial charge in [0.25, 0.3) is 5.91 Å². The van der Waals surface area contributed by atoms with Gasteiger partial charge in [-0.25, -0.2) is 0 Å². The van der Waals surface area contributed by atoms with Gasteiger partial charge in [-0.05, 0) is 46.1 Å². The number of carbonyl (C=O) groups excluding carboxylic acids is 2. The van der Waals surface area contributed by atoms with Crippen molar-refractivity contribution in [2.75, 3.05) is 13.2 Å². The predicted octanol–water partition coefficient (Wildman–Crippen LogP) is 2.62. The van der Waals surface area contributed by atoms with E-state index in [0.29, 0.717) is 24.4 Å². The average molecular weight is 395 g/mol. The van der Waals surface area contributed by atoms with Crippen LogP contribution in [-0.4, -0.2) is 25.0 Å². The van der Waals surface area contributed by atoms with Crippen molar-refractivity contribution in [3.8, 4) is 0 Å². The van der Waals surface area contributed by atoms with E-state index in [1.165, 1.54) is 6.07 Å². The standard InChI is InChI=1S/C17H19BrN2O4/c1-2-23-11-13-6-4-3-5-12(13)9-19-16(21)10-20-17(22)14-7-8-15(18)24-14/h3-8H,2,9-11H2,1H3,(H,19,21)(H,20,22). The van der Waals surface area contributed by atoms with Crippen molar-refractivity contribution >= 4 is 27.7 Å². The predicted molar refractivity (Wildman–Crippen MR) is 92.4 cm³/mol. The summed E-state index contributed by atoms with van der Waals surface area (Å²) in [5.74, 6) is -0.565. The molecule has 0 aliphatic carbocycles. The van der Waals surface area contributed by atoms with Crippen molar-refractivity contribution in [3.63, 3.8) is 0 Å². The number of hydrogen-bond acceptors (Lipinski definition) is 4. The highest BCUT2D eigenvalue weighted by molar-refractivity contribution is 9.10. The van der Waals surface area contributed by atoms with E-state index in [-0.39, 0.29) is 18.2 Å². The molecule has 0 atom stereocenters. The highest BCUT2D eigenvalue weighted by atomic mass is 79.9. The molecule has 1 heterocycles. The van der Waals surface area contributed by atoms with Crippen molar-refractivity contribution in [1.82, 2.24) is 10.6 Å².